The second-order valence-electron chi connectivity index (χ2n) is 6.74. The molecule has 0 saturated carbocycles. The van der Waals surface area contributed by atoms with Gasteiger partial charge in [0.25, 0.3) is 11.1 Å². The topological polar surface area (TPSA) is 94.2 Å². The first-order chi connectivity index (χ1) is 15.9. The molecule has 2 aromatic carbocycles. The molecule has 1 heterocycles. The second-order valence-corrected chi connectivity index (χ2v) is 8.14. The van der Waals surface area contributed by atoms with Gasteiger partial charge in [0.15, 0.2) is 11.5 Å². The van der Waals surface area contributed by atoms with Crippen molar-refractivity contribution in [1.82, 2.24) is 4.90 Å². The van der Waals surface area contributed by atoms with Gasteiger partial charge in [0.2, 0.25) is 5.91 Å². The lowest BCUT2D eigenvalue weighted by Crippen LogP contribution is -2.36. The number of methoxy groups -OCH3 is 1. The van der Waals surface area contributed by atoms with Crippen molar-refractivity contribution in [1.29, 1.82) is 0 Å². The van der Waals surface area contributed by atoms with Gasteiger partial charge in [0.05, 0.1) is 30.3 Å². The molecule has 0 aromatic heterocycles. The molecule has 1 saturated heterocycles. The van der Waals surface area contributed by atoms with Gasteiger partial charge in [-0.05, 0) is 73.6 Å². The number of benzene rings is 2. The van der Waals surface area contributed by atoms with Crippen LogP contribution >= 0.6 is 23.4 Å². The minimum absolute atomic E-state index is 0.178. The number of nitrogens with one attached hydrogen (secondary N) is 1. The van der Waals surface area contributed by atoms with Crippen LogP contribution in [0.2, 0.25) is 5.02 Å². The normalized spacial score (nSPS) is 14.5. The van der Waals surface area contributed by atoms with Crippen LogP contribution in [-0.4, -0.2) is 48.8 Å². The average Bonchev–Trinajstić information content (AvgIpc) is 3.03. The lowest BCUT2D eigenvalue weighted by atomic mass is 10.1. The van der Waals surface area contributed by atoms with Gasteiger partial charge in [-0.1, -0.05) is 11.6 Å². The van der Waals surface area contributed by atoms with Crippen molar-refractivity contribution in [2.75, 3.05) is 32.2 Å². The van der Waals surface area contributed by atoms with Crippen molar-refractivity contribution in [2.24, 2.45) is 0 Å². The average molecular weight is 491 g/mol. The Hall–Kier alpha value is -3.17. The third kappa shape index (κ3) is 6.00. The molecule has 10 heteroatoms. The van der Waals surface area contributed by atoms with E-state index in [0.29, 0.717) is 46.7 Å². The molecule has 0 unspecified atom stereocenters. The lowest BCUT2D eigenvalue weighted by molar-refractivity contribution is -0.127. The minimum atomic E-state index is -0.559. The number of ether oxygens (including phenoxy) is 3. The number of nitrogens with zero attached hydrogens (tertiary/aromatic N) is 1. The lowest BCUT2D eigenvalue weighted by Gasteiger charge is -2.13. The van der Waals surface area contributed by atoms with Crippen LogP contribution in [0.25, 0.3) is 6.08 Å². The molecule has 174 valence electrons. The minimum Gasteiger partial charge on any atom is -0.494 e. The molecule has 1 fully saturated rings. The van der Waals surface area contributed by atoms with Gasteiger partial charge < -0.3 is 19.5 Å². The summed E-state index contributed by atoms with van der Waals surface area (Å²) in [6.45, 7) is 4.23. The number of carbonyl (C=O) groups excluding carboxylic acids is 3. The molecule has 0 aliphatic carbocycles. The third-order valence-corrected chi connectivity index (χ3v) is 5.65. The molecular formula is C23H23ClN2O6S. The zero-order chi connectivity index (χ0) is 24.0. The zero-order valence-corrected chi connectivity index (χ0v) is 19.9. The monoisotopic (exact) mass is 490 g/mol. The highest BCUT2D eigenvalue weighted by Gasteiger charge is 2.36. The molecule has 3 amide bonds. The molecule has 0 atom stereocenters. The van der Waals surface area contributed by atoms with Gasteiger partial charge >= 0.3 is 0 Å². The Labute approximate surface area is 200 Å². The number of hydrogen-bond acceptors (Lipinski definition) is 7. The summed E-state index contributed by atoms with van der Waals surface area (Å²) in [7, 11) is 1.48. The largest absolute Gasteiger partial charge is 0.494 e. The van der Waals surface area contributed by atoms with Gasteiger partial charge in [-0.3, -0.25) is 19.3 Å². The number of amides is 3. The molecular weight excluding hydrogens is 468 g/mol. The van der Waals surface area contributed by atoms with Crippen molar-refractivity contribution in [3.8, 4) is 17.2 Å². The maximum absolute atomic E-state index is 12.8. The highest BCUT2D eigenvalue weighted by Crippen LogP contribution is 2.38. The molecule has 8 nitrogen and oxygen atoms in total. The number of anilines is 1. The first kappa shape index (κ1) is 24.5. The summed E-state index contributed by atoms with van der Waals surface area (Å²) in [6, 6.07) is 10.1. The van der Waals surface area contributed by atoms with Crippen molar-refractivity contribution in [3.63, 3.8) is 0 Å². The van der Waals surface area contributed by atoms with Crippen LogP contribution in [0, 0.1) is 0 Å². The second kappa shape index (κ2) is 11.1. The molecule has 2 aromatic rings. The first-order valence-electron chi connectivity index (χ1n) is 10.1. The van der Waals surface area contributed by atoms with Gasteiger partial charge in [0, 0.05) is 5.69 Å². The summed E-state index contributed by atoms with van der Waals surface area (Å²) in [5.41, 5.74) is 1.09. The fraction of sp³-hybridized carbons (Fsp3) is 0.261. The third-order valence-electron chi connectivity index (χ3n) is 4.46. The molecule has 33 heavy (non-hydrogen) atoms. The number of carbonyl (C=O) groups is 3. The molecule has 0 bridgehead atoms. The Morgan fingerprint density at radius 1 is 1.12 bits per heavy atom. The summed E-state index contributed by atoms with van der Waals surface area (Å²) in [4.78, 5) is 38.6. The number of thioether (sulfide) groups is 1. The first-order valence-corrected chi connectivity index (χ1v) is 11.3. The molecule has 1 N–H and O–H groups in total. The Morgan fingerprint density at radius 3 is 2.45 bits per heavy atom. The van der Waals surface area contributed by atoms with E-state index in [4.69, 9.17) is 25.8 Å². The summed E-state index contributed by atoms with van der Waals surface area (Å²) in [6.07, 6.45) is 1.53. The number of imide groups is 1. The number of rotatable bonds is 9. The predicted molar refractivity (Wildman–Crippen MR) is 128 cm³/mol. The van der Waals surface area contributed by atoms with Crippen LogP contribution < -0.4 is 19.5 Å². The van der Waals surface area contributed by atoms with Gasteiger partial charge in [-0.25, -0.2) is 0 Å². The van der Waals surface area contributed by atoms with E-state index in [9.17, 15) is 14.4 Å². The van der Waals surface area contributed by atoms with E-state index in [0.717, 1.165) is 16.7 Å². The van der Waals surface area contributed by atoms with Crippen molar-refractivity contribution >= 4 is 52.2 Å². The molecule has 0 spiro atoms. The molecule has 1 aliphatic heterocycles. The maximum atomic E-state index is 12.8. The van der Waals surface area contributed by atoms with Crippen molar-refractivity contribution in [3.05, 3.63) is 51.9 Å². The Kier molecular flexibility index (Phi) is 8.24. The Balaban J connectivity index is 1.71. The van der Waals surface area contributed by atoms with Crippen LogP contribution in [-0.2, 0) is 9.59 Å². The van der Waals surface area contributed by atoms with E-state index < -0.39 is 23.6 Å². The van der Waals surface area contributed by atoms with Crippen LogP contribution in [0.15, 0.2) is 41.3 Å². The van der Waals surface area contributed by atoms with E-state index >= 15 is 0 Å². The summed E-state index contributed by atoms with van der Waals surface area (Å²) in [5.74, 6) is 0.436. The summed E-state index contributed by atoms with van der Waals surface area (Å²) < 4.78 is 16.2. The van der Waals surface area contributed by atoms with Crippen LogP contribution in [0.5, 0.6) is 17.2 Å². The smallest absolute Gasteiger partial charge is 0.294 e. The van der Waals surface area contributed by atoms with Crippen LogP contribution in [0.3, 0.4) is 0 Å². The van der Waals surface area contributed by atoms with E-state index in [2.05, 4.69) is 5.32 Å². The fourth-order valence-electron chi connectivity index (χ4n) is 3.07. The van der Waals surface area contributed by atoms with Crippen molar-refractivity contribution in [2.45, 2.75) is 13.8 Å². The number of halogens is 1. The summed E-state index contributed by atoms with van der Waals surface area (Å²) in [5, 5.41) is 2.45. The van der Waals surface area contributed by atoms with Crippen molar-refractivity contribution < 1.29 is 28.6 Å². The SMILES string of the molecule is CCOc1ccc(NC(=O)CN2C(=O)S/C(=C/c3cc(Cl)c(OC)c(OCC)c3)C2=O)cc1. The maximum Gasteiger partial charge on any atom is 0.294 e. The van der Waals surface area contributed by atoms with E-state index in [1.807, 2.05) is 13.8 Å². The highest BCUT2D eigenvalue weighted by atomic mass is 35.5. The van der Waals surface area contributed by atoms with Gasteiger partial charge in [-0.15, -0.1) is 0 Å². The van der Waals surface area contributed by atoms with Crippen LogP contribution in [0.4, 0.5) is 10.5 Å². The van der Waals surface area contributed by atoms with E-state index in [-0.39, 0.29) is 4.91 Å². The number of hydrogen-bond donors (Lipinski definition) is 1. The standard InChI is InChI=1S/C23H23ClN2O6S/c1-4-31-16-8-6-15(7-9-16)25-20(27)13-26-22(28)19(33-23(26)29)12-14-10-17(24)21(30-3)18(11-14)32-5-2/h6-12H,4-5,13H2,1-3H3,(H,25,27)/b19-12+. The summed E-state index contributed by atoms with van der Waals surface area (Å²) >= 11 is 7.01. The van der Waals surface area contributed by atoms with Crippen LogP contribution in [0.1, 0.15) is 19.4 Å². The quantitative estimate of drug-likeness (QED) is 0.503. The van der Waals surface area contributed by atoms with E-state index in [1.54, 1.807) is 36.4 Å². The molecule has 3 rings (SSSR count). The van der Waals surface area contributed by atoms with Gasteiger partial charge in [0.1, 0.15) is 12.3 Å². The predicted octanol–water partition coefficient (Wildman–Crippen LogP) is 4.82. The van der Waals surface area contributed by atoms with E-state index in [1.165, 1.54) is 13.2 Å². The zero-order valence-electron chi connectivity index (χ0n) is 18.3. The highest BCUT2D eigenvalue weighted by molar-refractivity contribution is 8.18. The molecule has 0 radical (unpaired) electrons. The van der Waals surface area contributed by atoms with Gasteiger partial charge in [-0.2, -0.15) is 0 Å². The Bertz CT molecular complexity index is 1090. The fourth-order valence-corrected chi connectivity index (χ4v) is 4.20. The molecule has 1 aliphatic rings. The Morgan fingerprint density at radius 2 is 1.82 bits per heavy atom.